The second-order valence-electron chi connectivity index (χ2n) is 4.68. The number of rotatable bonds is 7. The van der Waals surface area contributed by atoms with Crippen molar-refractivity contribution in [2.45, 2.75) is 33.6 Å². The van der Waals surface area contributed by atoms with Gasteiger partial charge in [-0.05, 0) is 26.7 Å². The molecule has 0 radical (unpaired) electrons. The molecular formula is C13H21NO5. The lowest BCUT2D eigenvalue weighted by Crippen LogP contribution is -2.41. The van der Waals surface area contributed by atoms with Crippen LogP contribution in [0.3, 0.4) is 0 Å². The van der Waals surface area contributed by atoms with E-state index in [9.17, 15) is 14.4 Å². The van der Waals surface area contributed by atoms with E-state index in [-0.39, 0.29) is 31.6 Å². The molecule has 0 aromatic carbocycles. The Morgan fingerprint density at radius 2 is 1.68 bits per heavy atom. The Labute approximate surface area is 113 Å². The van der Waals surface area contributed by atoms with Crippen molar-refractivity contribution in [2.24, 2.45) is 5.41 Å². The molecule has 0 atom stereocenters. The highest BCUT2D eigenvalue weighted by atomic mass is 16.5. The average Bonchev–Trinajstić information content (AvgIpc) is 3.10. The Morgan fingerprint density at radius 1 is 1.11 bits per heavy atom. The topological polar surface area (TPSA) is 72.9 Å². The summed E-state index contributed by atoms with van der Waals surface area (Å²) in [6, 6.07) is 0. The van der Waals surface area contributed by atoms with E-state index >= 15 is 0 Å². The summed E-state index contributed by atoms with van der Waals surface area (Å²) in [5.41, 5.74) is -0.617. The van der Waals surface area contributed by atoms with Crippen LogP contribution in [0.5, 0.6) is 0 Å². The first kappa shape index (κ1) is 15.5. The summed E-state index contributed by atoms with van der Waals surface area (Å²) in [6.07, 6.45) is 1.39. The minimum atomic E-state index is -0.617. The van der Waals surface area contributed by atoms with Crippen LogP contribution in [0, 0.1) is 5.41 Å². The standard InChI is InChI=1S/C13H21NO5/c1-4-18-11(16)8-14(10(3)15)9-13(6-7-13)12(17)19-5-2/h4-9H2,1-3H3. The lowest BCUT2D eigenvalue weighted by Gasteiger charge is -2.24. The number of esters is 2. The summed E-state index contributed by atoms with van der Waals surface area (Å²) < 4.78 is 9.83. The summed E-state index contributed by atoms with van der Waals surface area (Å²) in [4.78, 5) is 36.1. The Kier molecular flexibility index (Phi) is 5.32. The molecule has 0 heterocycles. The summed E-state index contributed by atoms with van der Waals surface area (Å²) in [7, 11) is 0. The zero-order valence-corrected chi connectivity index (χ0v) is 11.7. The number of amides is 1. The van der Waals surface area contributed by atoms with Crippen molar-refractivity contribution in [3.8, 4) is 0 Å². The zero-order valence-electron chi connectivity index (χ0n) is 11.7. The first-order valence-corrected chi connectivity index (χ1v) is 6.53. The number of carbonyl (C=O) groups excluding carboxylic acids is 3. The van der Waals surface area contributed by atoms with Crippen LogP contribution in [0.1, 0.15) is 33.6 Å². The van der Waals surface area contributed by atoms with Crippen LogP contribution in [-0.2, 0) is 23.9 Å². The first-order chi connectivity index (χ1) is 8.95. The molecule has 0 spiro atoms. The zero-order chi connectivity index (χ0) is 14.5. The molecule has 1 rings (SSSR count). The largest absolute Gasteiger partial charge is 0.466 e. The quantitative estimate of drug-likeness (QED) is 0.639. The van der Waals surface area contributed by atoms with E-state index in [0.29, 0.717) is 19.4 Å². The SMILES string of the molecule is CCOC(=O)CN(CC1(C(=O)OCC)CC1)C(C)=O. The van der Waals surface area contributed by atoms with Gasteiger partial charge < -0.3 is 14.4 Å². The maximum atomic E-state index is 11.8. The molecule has 0 aromatic rings. The van der Waals surface area contributed by atoms with E-state index in [1.54, 1.807) is 13.8 Å². The van der Waals surface area contributed by atoms with Crippen LogP contribution in [0.15, 0.2) is 0 Å². The van der Waals surface area contributed by atoms with Crippen LogP contribution < -0.4 is 0 Å². The van der Waals surface area contributed by atoms with E-state index in [0.717, 1.165) is 0 Å². The summed E-state index contributed by atoms with van der Waals surface area (Å²) in [5, 5.41) is 0. The van der Waals surface area contributed by atoms with Gasteiger partial charge in [-0.2, -0.15) is 0 Å². The number of nitrogens with zero attached hydrogens (tertiary/aromatic N) is 1. The molecule has 19 heavy (non-hydrogen) atoms. The van der Waals surface area contributed by atoms with Gasteiger partial charge >= 0.3 is 11.9 Å². The maximum absolute atomic E-state index is 11.8. The Bertz CT molecular complexity index is 362. The van der Waals surface area contributed by atoms with Crippen LogP contribution in [0.2, 0.25) is 0 Å². The Hall–Kier alpha value is -1.59. The van der Waals surface area contributed by atoms with Crippen molar-refractivity contribution in [2.75, 3.05) is 26.3 Å². The van der Waals surface area contributed by atoms with Crippen LogP contribution in [0.4, 0.5) is 0 Å². The molecule has 0 N–H and O–H groups in total. The van der Waals surface area contributed by atoms with Crippen molar-refractivity contribution < 1.29 is 23.9 Å². The van der Waals surface area contributed by atoms with E-state index in [1.165, 1.54) is 11.8 Å². The van der Waals surface area contributed by atoms with Gasteiger partial charge in [-0.15, -0.1) is 0 Å². The van der Waals surface area contributed by atoms with E-state index in [2.05, 4.69) is 0 Å². The van der Waals surface area contributed by atoms with Gasteiger partial charge in [0.05, 0.1) is 18.6 Å². The third-order valence-electron chi connectivity index (χ3n) is 3.13. The fraction of sp³-hybridized carbons (Fsp3) is 0.769. The molecule has 6 nitrogen and oxygen atoms in total. The number of ether oxygens (including phenoxy) is 2. The predicted molar refractivity (Wildman–Crippen MR) is 67.2 cm³/mol. The second-order valence-corrected chi connectivity index (χ2v) is 4.68. The van der Waals surface area contributed by atoms with Crippen molar-refractivity contribution in [1.82, 2.24) is 4.90 Å². The van der Waals surface area contributed by atoms with Crippen molar-refractivity contribution in [3.63, 3.8) is 0 Å². The number of hydrogen-bond donors (Lipinski definition) is 0. The highest BCUT2D eigenvalue weighted by Gasteiger charge is 2.52. The molecule has 1 aliphatic rings. The van der Waals surface area contributed by atoms with Gasteiger partial charge in [-0.3, -0.25) is 14.4 Å². The lowest BCUT2D eigenvalue weighted by molar-refractivity contribution is -0.154. The minimum absolute atomic E-state index is 0.121. The van der Waals surface area contributed by atoms with E-state index < -0.39 is 11.4 Å². The minimum Gasteiger partial charge on any atom is -0.466 e. The average molecular weight is 271 g/mol. The van der Waals surface area contributed by atoms with Crippen molar-refractivity contribution in [3.05, 3.63) is 0 Å². The van der Waals surface area contributed by atoms with Gasteiger partial charge in [0.25, 0.3) is 0 Å². The Morgan fingerprint density at radius 3 is 2.11 bits per heavy atom. The third kappa shape index (κ3) is 4.22. The normalized spacial score (nSPS) is 15.5. The maximum Gasteiger partial charge on any atom is 0.325 e. The van der Waals surface area contributed by atoms with Crippen LogP contribution >= 0.6 is 0 Å². The first-order valence-electron chi connectivity index (χ1n) is 6.53. The molecular weight excluding hydrogens is 250 g/mol. The molecule has 0 saturated heterocycles. The van der Waals surface area contributed by atoms with E-state index in [4.69, 9.17) is 9.47 Å². The molecule has 1 aliphatic carbocycles. The molecule has 0 unspecified atom stereocenters. The molecule has 0 aromatic heterocycles. The summed E-state index contributed by atoms with van der Waals surface area (Å²) >= 11 is 0. The molecule has 0 bridgehead atoms. The Balaban J connectivity index is 2.61. The molecule has 1 fully saturated rings. The second kappa shape index (κ2) is 6.54. The molecule has 1 amide bonds. The third-order valence-corrected chi connectivity index (χ3v) is 3.13. The van der Waals surface area contributed by atoms with Crippen molar-refractivity contribution in [1.29, 1.82) is 0 Å². The van der Waals surface area contributed by atoms with Gasteiger partial charge in [-0.25, -0.2) is 0 Å². The van der Waals surface area contributed by atoms with Gasteiger partial charge in [0.2, 0.25) is 5.91 Å². The molecule has 0 aliphatic heterocycles. The number of carbonyl (C=O) groups is 3. The fourth-order valence-electron chi connectivity index (χ4n) is 1.87. The van der Waals surface area contributed by atoms with Gasteiger partial charge in [0.1, 0.15) is 6.54 Å². The smallest absolute Gasteiger partial charge is 0.325 e. The fourth-order valence-corrected chi connectivity index (χ4v) is 1.87. The molecule has 108 valence electrons. The highest BCUT2D eigenvalue weighted by Crippen LogP contribution is 2.47. The molecule has 6 heteroatoms. The van der Waals surface area contributed by atoms with Crippen LogP contribution in [-0.4, -0.2) is 49.0 Å². The summed E-state index contributed by atoms with van der Waals surface area (Å²) in [6.45, 7) is 5.52. The lowest BCUT2D eigenvalue weighted by atomic mass is 10.1. The van der Waals surface area contributed by atoms with Crippen LogP contribution in [0.25, 0.3) is 0 Å². The van der Waals surface area contributed by atoms with E-state index in [1.807, 2.05) is 0 Å². The highest BCUT2D eigenvalue weighted by molar-refractivity contribution is 5.84. The van der Waals surface area contributed by atoms with Gasteiger partial charge in [-0.1, -0.05) is 0 Å². The molecule has 1 saturated carbocycles. The summed E-state index contributed by atoms with van der Waals surface area (Å²) in [5.74, 6) is -0.994. The number of hydrogen-bond acceptors (Lipinski definition) is 5. The van der Waals surface area contributed by atoms with Gasteiger partial charge in [0.15, 0.2) is 0 Å². The monoisotopic (exact) mass is 271 g/mol. The van der Waals surface area contributed by atoms with Crippen molar-refractivity contribution >= 4 is 17.8 Å². The van der Waals surface area contributed by atoms with Gasteiger partial charge in [0, 0.05) is 13.5 Å². The predicted octanol–water partition coefficient (Wildman–Crippen LogP) is 0.741.